The Morgan fingerprint density at radius 2 is 1.59 bits per heavy atom. The van der Waals surface area contributed by atoms with Crippen LogP contribution >= 0.6 is 11.8 Å². The molecule has 0 atom stereocenters. The molecule has 0 unspecified atom stereocenters. The normalized spacial score (nSPS) is 14.6. The first-order valence-electron chi connectivity index (χ1n) is 11.1. The Balaban J connectivity index is 1.30. The molecule has 0 saturated heterocycles. The van der Waals surface area contributed by atoms with Crippen molar-refractivity contribution in [2.75, 3.05) is 10.6 Å². The molecule has 164 valence electrons. The summed E-state index contributed by atoms with van der Waals surface area (Å²) in [6.07, 6.45) is 2.17. The number of nitrogens with one attached hydrogen (secondary N) is 2. The number of anilines is 3. The molecule has 0 aliphatic carbocycles. The molecule has 0 spiro atoms. The number of amides is 1. The van der Waals surface area contributed by atoms with Gasteiger partial charge in [0.2, 0.25) is 0 Å². The van der Waals surface area contributed by atoms with Crippen molar-refractivity contribution in [1.82, 2.24) is 0 Å². The molecular weight excluding hydrogens is 440 g/mol. The molecule has 2 aliphatic heterocycles. The Bertz CT molecular complexity index is 1490. The molecule has 4 nitrogen and oxygen atoms in total. The van der Waals surface area contributed by atoms with Gasteiger partial charge in [0.05, 0.1) is 22.6 Å². The zero-order valence-corrected chi connectivity index (χ0v) is 19.0. The molecule has 0 saturated carbocycles. The van der Waals surface area contributed by atoms with Crippen LogP contribution in [0.5, 0.6) is 0 Å². The molecule has 4 aromatic rings. The van der Waals surface area contributed by atoms with E-state index in [1.807, 2.05) is 72.8 Å². The van der Waals surface area contributed by atoms with Crippen LogP contribution < -0.4 is 10.6 Å². The van der Waals surface area contributed by atoms with Crippen LogP contribution in [0.25, 0.3) is 5.57 Å². The van der Waals surface area contributed by atoms with Crippen LogP contribution in [0.1, 0.15) is 27.0 Å². The number of rotatable bonds is 4. The highest BCUT2D eigenvalue weighted by atomic mass is 32.2. The number of carbonyl (C=O) groups excluding carboxylic acids is 2. The van der Waals surface area contributed by atoms with Gasteiger partial charge in [-0.25, -0.2) is 0 Å². The summed E-state index contributed by atoms with van der Waals surface area (Å²) in [5.74, 6) is -0.440. The van der Waals surface area contributed by atoms with Crippen molar-refractivity contribution in [3.63, 3.8) is 0 Å². The zero-order valence-electron chi connectivity index (χ0n) is 18.2. The van der Waals surface area contributed by atoms with Gasteiger partial charge in [0.15, 0.2) is 5.78 Å². The fourth-order valence-corrected chi connectivity index (χ4v) is 5.36. The largest absolute Gasteiger partial charge is 0.354 e. The van der Waals surface area contributed by atoms with Gasteiger partial charge in [0.25, 0.3) is 5.91 Å². The van der Waals surface area contributed by atoms with Crippen LogP contribution in [0.15, 0.2) is 107 Å². The highest BCUT2D eigenvalue weighted by Crippen LogP contribution is 2.44. The second-order valence-electron chi connectivity index (χ2n) is 8.31. The number of para-hydroxylation sites is 2. The standard InChI is InChI=1S/C29H20N2O2S/c32-25(19-13-14-27-24(16-19)30-23-11-4-5-12-26(23)34-27)17-22-21-10-6-9-20(28(21)31-29(22)33)15-18-7-2-1-3-8-18/h1-14,16-17,30H,15H2,(H,31,33)/b22-17-. The summed E-state index contributed by atoms with van der Waals surface area (Å²) in [5, 5.41) is 6.39. The van der Waals surface area contributed by atoms with Crippen molar-refractivity contribution >= 4 is 46.1 Å². The molecule has 0 radical (unpaired) electrons. The minimum absolute atomic E-state index is 0.195. The summed E-state index contributed by atoms with van der Waals surface area (Å²) < 4.78 is 0. The van der Waals surface area contributed by atoms with Gasteiger partial charge in [-0.15, -0.1) is 0 Å². The van der Waals surface area contributed by atoms with Gasteiger partial charge in [-0.3, -0.25) is 9.59 Å². The molecule has 2 heterocycles. The summed E-state index contributed by atoms with van der Waals surface area (Å²) in [6, 6.07) is 29.7. The molecule has 0 aromatic heterocycles. The molecule has 4 aromatic carbocycles. The lowest BCUT2D eigenvalue weighted by Crippen LogP contribution is -2.07. The summed E-state index contributed by atoms with van der Waals surface area (Å²) in [7, 11) is 0. The maximum atomic E-state index is 13.2. The molecule has 34 heavy (non-hydrogen) atoms. The summed E-state index contributed by atoms with van der Waals surface area (Å²) >= 11 is 1.68. The molecular formula is C29H20N2O2S. The predicted octanol–water partition coefficient (Wildman–Crippen LogP) is 6.70. The van der Waals surface area contributed by atoms with Crippen molar-refractivity contribution in [3.05, 3.63) is 119 Å². The molecule has 2 aliphatic rings. The fraction of sp³-hybridized carbons (Fsp3) is 0.0345. The van der Waals surface area contributed by atoms with E-state index in [0.29, 0.717) is 17.6 Å². The molecule has 0 fully saturated rings. The quantitative estimate of drug-likeness (QED) is 0.231. The number of fused-ring (bicyclic) bond motifs is 3. The number of carbonyl (C=O) groups is 2. The Morgan fingerprint density at radius 1 is 0.794 bits per heavy atom. The van der Waals surface area contributed by atoms with Crippen LogP contribution in [0.2, 0.25) is 0 Å². The van der Waals surface area contributed by atoms with Crippen LogP contribution in [-0.4, -0.2) is 11.7 Å². The summed E-state index contributed by atoms with van der Waals surface area (Å²) in [6.45, 7) is 0. The molecule has 5 heteroatoms. The average Bonchev–Trinajstić information content (AvgIpc) is 3.19. The van der Waals surface area contributed by atoms with E-state index in [1.165, 1.54) is 11.6 Å². The number of hydrogen-bond donors (Lipinski definition) is 2. The van der Waals surface area contributed by atoms with Crippen molar-refractivity contribution in [3.8, 4) is 0 Å². The smallest absolute Gasteiger partial charge is 0.256 e. The van der Waals surface area contributed by atoms with E-state index < -0.39 is 0 Å². The first-order chi connectivity index (χ1) is 16.7. The first-order valence-corrected chi connectivity index (χ1v) is 11.9. The SMILES string of the molecule is O=C1Nc2c(Cc3ccccc3)cccc2/C1=C/C(=O)c1ccc2c(c1)Nc1ccccc1S2. The minimum Gasteiger partial charge on any atom is -0.354 e. The second kappa shape index (κ2) is 8.36. The topological polar surface area (TPSA) is 58.2 Å². The average molecular weight is 461 g/mol. The van der Waals surface area contributed by atoms with Gasteiger partial charge in [0.1, 0.15) is 0 Å². The molecule has 6 rings (SSSR count). The third-order valence-corrected chi connectivity index (χ3v) is 7.23. The minimum atomic E-state index is -0.246. The van der Waals surface area contributed by atoms with E-state index in [9.17, 15) is 9.59 Å². The van der Waals surface area contributed by atoms with Crippen LogP contribution in [-0.2, 0) is 11.2 Å². The highest BCUT2D eigenvalue weighted by molar-refractivity contribution is 7.99. The maximum absolute atomic E-state index is 13.2. The fourth-order valence-electron chi connectivity index (χ4n) is 4.39. The van der Waals surface area contributed by atoms with E-state index in [-0.39, 0.29) is 11.7 Å². The lowest BCUT2D eigenvalue weighted by Gasteiger charge is -2.20. The van der Waals surface area contributed by atoms with Crippen molar-refractivity contribution < 1.29 is 9.59 Å². The lowest BCUT2D eigenvalue weighted by molar-refractivity contribution is -0.110. The number of benzene rings is 4. The van der Waals surface area contributed by atoms with Gasteiger partial charge in [-0.1, -0.05) is 72.4 Å². The van der Waals surface area contributed by atoms with E-state index >= 15 is 0 Å². The Labute approximate surface area is 201 Å². The molecule has 0 bridgehead atoms. The van der Waals surface area contributed by atoms with Crippen molar-refractivity contribution in [2.24, 2.45) is 0 Å². The predicted molar refractivity (Wildman–Crippen MR) is 137 cm³/mol. The summed E-state index contributed by atoms with van der Waals surface area (Å²) in [4.78, 5) is 28.2. The molecule has 1 amide bonds. The van der Waals surface area contributed by atoms with Crippen molar-refractivity contribution in [2.45, 2.75) is 16.2 Å². The lowest BCUT2D eigenvalue weighted by atomic mass is 9.97. The third kappa shape index (κ3) is 3.70. The van der Waals surface area contributed by atoms with E-state index in [1.54, 1.807) is 11.8 Å². The number of hydrogen-bond acceptors (Lipinski definition) is 4. The van der Waals surface area contributed by atoms with Gasteiger partial charge in [0, 0.05) is 20.9 Å². The van der Waals surface area contributed by atoms with Gasteiger partial charge >= 0.3 is 0 Å². The highest BCUT2D eigenvalue weighted by Gasteiger charge is 2.27. The van der Waals surface area contributed by atoms with E-state index in [4.69, 9.17) is 0 Å². The summed E-state index contributed by atoms with van der Waals surface area (Å²) in [5.41, 5.74) is 6.62. The number of allylic oxidation sites excluding steroid dienone is 1. The van der Waals surface area contributed by atoms with E-state index in [0.717, 1.165) is 38.0 Å². The van der Waals surface area contributed by atoms with Gasteiger partial charge in [-0.05, 0) is 54.0 Å². The second-order valence-corrected chi connectivity index (χ2v) is 9.40. The Hall–Kier alpha value is -4.09. The van der Waals surface area contributed by atoms with Gasteiger partial charge in [-0.2, -0.15) is 0 Å². The molecule has 2 N–H and O–H groups in total. The van der Waals surface area contributed by atoms with E-state index in [2.05, 4.69) is 28.8 Å². The maximum Gasteiger partial charge on any atom is 0.256 e. The Morgan fingerprint density at radius 3 is 2.47 bits per heavy atom. The number of ketones is 1. The monoisotopic (exact) mass is 460 g/mol. The first kappa shape index (κ1) is 20.5. The van der Waals surface area contributed by atoms with Crippen molar-refractivity contribution in [1.29, 1.82) is 0 Å². The zero-order chi connectivity index (χ0) is 23.1. The Kier molecular flexibility index (Phi) is 5.04. The third-order valence-electron chi connectivity index (χ3n) is 6.08. The van der Waals surface area contributed by atoms with Crippen LogP contribution in [0, 0.1) is 0 Å². The van der Waals surface area contributed by atoms with Crippen LogP contribution in [0.3, 0.4) is 0 Å². The van der Waals surface area contributed by atoms with Crippen LogP contribution in [0.4, 0.5) is 17.1 Å². The van der Waals surface area contributed by atoms with Gasteiger partial charge < -0.3 is 10.6 Å².